The molecule has 1 atom stereocenters. The monoisotopic (exact) mass is 294 g/mol. The number of hydrogen-bond acceptors (Lipinski definition) is 5. The molecule has 6 heteroatoms. The maximum Gasteiger partial charge on any atom is 0.255 e. The van der Waals surface area contributed by atoms with Gasteiger partial charge in [-0.25, -0.2) is 0 Å². The lowest BCUT2D eigenvalue weighted by atomic mass is 10.1. The molecular formula is C15H22N2O4. The van der Waals surface area contributed by atoms with E-state index in [1.165, 1.54) is 14.2 Å². The number of ether oxygens (including phenoxy) is 3. The second-order valence-corrected chi connectivity index (χ2v) is 4.91. The van der Waals surface area contributed by atoms with Gasteiger partial charge in [-0.15, -0.1) is 0 Å². The molecule has 1 aliphatic rings. The van der Waals surface area contributed by atoms with Crippen molar-refractivity contribution in [2.75, 3.05) is 34.4 Å². The van der Waals surface area contributed by atoms with Crippen LogP contribution in [0.25, 0.3) is 0 Å². The quantitative estimate of drug-likeness (QED) is 0.825. The van der Waals surface area contributed by atoms with Gasteiger partial charge in [0.05, 0.1) is 26.9 Å². The van der Waals surface area contributed by atoms with E-state index >= 15 is 0 Å². The standard InChI is InChI=1S/C15H22N2O4/c1-19-12-8-14(21-3)13(20-2)7-11(12)15(18)17-9-10-5-4-6-16-10/h7-8,10,16H,4-6,9H2,1-3H3,(H,17,18). The minimum atomic E-state index is -0.179. The summed E-state index contributed by atoms with van der Waals surface area (Å²) in [7, 11) is 4.60. The molecule has 0 bridgehead atoms. The average molecular weight is 294 g/mol. The first kappa shape index (κ1) is 15.4. The van der Waals surface area contributed by atoms with Crippen LogP contribution in [0.1, 0.15) is 23.2 Å². The summed E-state index contributed by atoms with van der Waals surface area (Å²) in [6.45, 7) is 1.62. The van der Waals surface area contributed by atoms with Crippen LogP contribution in [0.2, 0.25) is 0 Å². The van der Waals surface area contributed by atoms with Gasteiger partial charge in [0.1, 0.15) is 5.75 Å². The Morgan fingerprint density at radius 1 is 1.19 bits per heavy atom. The summed E-state index contributed by atoms with van der Waals surface area (Å²) in [5, 5.41) is 6.27. The number of amides is 1. The maximum absolute atomic E-state index is 12.3. The van der Waals surface area contributed by atoms with E-state index < -0.39 is 0 Å². The highest BCUT2D eigenvalue weighted by Crippen LogP contribution is 2.34. The summed E-state index contributed by atoms with van der Waals surface area (Å²) < 4.78 is 15.7. The van der Waals surface area contributed by atoms with Gasteiger partial charge >= 0.3 is 0 Å². The van der Waals surface area contributed by atoms with E-state index in [4.69, 9.17) is 14.2 Å². The lowest BCUT2D eigenvalue weighted by molar-refractivity contribution is 0.0947. The van der Waals surface area contributed by atoms with Crippen LogP contribution < -0.4 is 24.8 Å². The zero-order valence-electron chi connectivity index (χ0n) is 12.7. The molecule has 0 aromatic heterocycles. The van der Waals surface area contributed by atoms with Crippen molar-refractivity contribution in [1.82, 2.24) is 10.6 Å². The molecule has 0 saturated carbocycles. The van der Waals surface area contributed by atoms with Gasteiger partial charge in [-0.05, 0) is 19.4 Å². The van der Waals surface area contributed by atoms with Crippen molar-refractivity contribution in [2.24, 2.45) is 0 Å². The van der Waals surface area contributed by atoms with Crippen LogP contribution in [0.4, 0.5) is 0 Å². The molecule has 6 nitrogen and oxygen atoms in total. The number of methoxy groups -OCH3 is 3. The van der Waals surface area contributed by atoms with Gasteiger partial charge in [-0.1, -0.05) is 0 Å². The van der Waals surface area contributed by atoms with Crippen LogP contribution in [0, 0.1) is 0 Å². The average Bonchev–Trinajstić information content (AvgIpc) is 3.04. The number of hydrogen-bond donors (Lipinski definition) is 2. The molecule has 2 rings (SSSR count). The van der Waals surface area contributed by atoms with E-state index in [0.29, 0.717) is 35.4 Å². The summed E-state index contributed by atoms with van der Waals surface area (Å²) in [5.41, 5.74) is 0.438. The first-order chi connectivity index (χ1) is 10.2. The molecule has 1 aromatic carbocycles. The molecular weight excluding hydrogens is 272 g/mol. The first-order valence-electron chi connectivity index (χ1n) is 7.01. The molecule has 0 spiro atoms. The smallest absolute Gasteiger partial charge is 0.255 e. The van der Waals surface area contributed by atoms with Crippen LogP contribution in [0.3, 0.4) is 0 Å². The van der Waals surface area contributed by atoms with Gasteiger partial charge in [0.15, 0.2) is 11.5 Å². The van der Waals surface area contributed by atoms with E-state index in [2.05, 4.69) is 10.6 Å². The normalized spacial score (nSPS) is 17.4. The predicted molar refractivity (Wildman–Crippen MR) is 79.5 cm³/mol. The predicted octanol–water partition coefficient (Wildman–Crippen LogP) is 1.19. The molecule has 1 heterocycles. The zero-order valence-corrected chi connectivity index (χ0v) is 12.7. The highest BCUT2D eigenvalue weighted by atomic mass is 16.5. The fourth-order valence-corrected chi connectivity index (χ4v) is 2.45. The number of rotatable bonds is 6. The van der Waals surface area contributed by atoms with Crippen LogP contribution in [-0.4, -0.2) is 46.4 Å². The fourth-order valence-electron chi connectivity index (χ4n) is 2.45. The van der Waals surface area contributed by atoms with Gasteiger partial charge in [0.25, 0.3) is 5.91 Å². The Labute approximate surface area is 124 Å². The second-order valence-electron chi connectivity index (χ2n) is 4.91. The SMILES string of the molecule is COc1cc(OC)c(C(=O)NCC2CCCN2)cc1OC. The summed E-state index contributed by atoms with van der Waals surface area (Å²) in [4.78, 5) is 12.3. The molecule has 1 saturated heterocycles. The van der Waals surface area contributed by atoms with E-state index in [1.807, 2.05) is 0 Å². The minimum Gasteiger partial charge on any atom is -0.496 e. The molecule has 1 aliphatic heterocycles. The van der Waals surface area contributed by atoms with Gasteiger partial charge in [0, 0.05) is 24.7 Å². The molecule has 1 fully saturated rings. The Morgan fingerprint density at radius 3 is 2.43 bits per heavy atom. The minimum absolute atomic E-state index is 0.179. The summed E-state index contributed by atoms with van der Waals surface area (Å²) in [6.07, 6.45) is 2.24. The van der Waals surface area contributed by atoms with Crippen molar-refractivity contribution in [3.8, 4) is 17.2 Å². The molecule has 116 valence electrons. The highest BCUT2D eigenvalue weighted by Gasteiger charge is 2.19. The summed E-state index contributed by atoms with van der Waals surface area (Å²) in [5.74, 6) is 1.32. The van der Waals surface area contributed by atoms with Gasteiger partial charge in [-0.3, -0.25) is 4.79 Å². The third kappa shape index (κ3) is 3.58. The topological polar surface area (TPSA) is 68.8 Å². The lowest BCUT2D eigenvalue weighted by Gasteiger charge is -2.15. The molecule has 1 amide bonds. The molecule has 1 unspecified atom stereocenters. The second kappa shape index (κ2) is 7.17. The van der Waals surface area contributed by atoms with E-state index in [0.717, 1.165) is 19.4 Å². The van der Waals surface area contributed by atoms with E-state index in [-0.39, 0.29) is 5.91 Å². The first-order valence-corrected chi connectivity index (χ1v) is 7.01. The molecule has 0 aliphatic carbocycles. The van der Waals surface area contributed by atoms with Gasteiger partial charge in [-0.2, -0.15) is 0 Å². The lowest BCUT2D eigenvalue weighted by Crippen LogP contribution is -2.37. The Hall–Kier alpha value is -1.95. The Bertz CT molecular complexity index is 499. The molecule has 21 heavy (non-hydrogen) atoms. The van der Waals surface area contributed by atoms with Crippen LogP contribution >= 0.6 is 0 Å². The van der Waals surface area contributed by atoms with Gasteiger partial charge < -0.3 is 24.8 Å². The third-order valence-electron chi connectivity index (χ3n) is 3.62. The van der Waals surface area contributed by atoms with Crippen LogP contribution in [-0.2, 0) is 0 Å². The summed E-state index contributed by atoms with van der Waals surface area (Å²) >= 11 is 0. The third-order valence-corrected chi connectivity index (χ3v) is 3.62. The van der Waals surface area contributed by atoms with Crippen molar-refractivity contribution in [3.05, 3.63) is 17.7 Å². The van der Waals surface area contributed by atoms with Crippen molar-refractivity contribution in [2.45, 2.75) is 18.9 Å². The van der Waals surface area contributed by atoms with Crippen LogP contribution in [0.5, 0.6) is 17.2 Å². The van der Waals surface area contributed by atoms with Crippen molar-refractivity contribution in [1.29, 1.82) is 0 Å². The number of carbonyl (C=O) groups is 1. The molecule has 0 radical (unpaired) electrons. The molecule has 2 N–H and O–H groups in total. The van der Waals surface area contributed by atoms with Crippen molar-refractivity contribution < 1.29 is 19.0 Å². The Morgan fingerprint density at radius 2 is 1.86 bits per heavy atom. The zero-order chi connectivity index (χ0) is 15.2. The number of nitrogens with one attached hydrogen (secondary N) is 2. The maximum atomic E-state index is 12.3. The van der Waals surface area contributed by atoms with Crippen molar-refractivity contribution in [3.63, 3.8) is 0 Å². The fraction of sp³-hybridized carbons (Fsp3) is 0.533. The van der Waals surface area contributed by atoms with Crippen LogP contribution in [0.15, 0.2) is 12.1 Å². The van der Waals surface area contributed by atoms with E-state index in [9.17, 15) is 4.79 Å². The largest absolute Gasteiger partial charge is 0.496 e. The highest BCUT2D eigenvalue weighted by molar-refractivity contribution is 5.97. The molecule has 1 aromatic rings. The number of carbonyl (C=O) groups excluding carboxylic acids is 1. The Balaban J connectivity index is 2.14. The van der Waals surface area contributed by atoms with Crippen molar-refractivity contribution >= 4 is 5.91 Å². The van der Waals surface area contributed by atoms with Gasteiger partial charge in [0.2, 0.25) is 0 Å². The summed E-state index contributed by atoms with van der Waals surface area (Å²) in [6, 6.07) is 3.64. The number of benzene rings is 1. The van der Waals surface area contributed by atoms with E-state index in [1.54, 1.807) is 19.2 Å². The Kier molecular flexibility index (Phi) is 5.27.